The second-order valence-electron chi connectivity index (χ2n) is 3.09. The molecule has 0 saturated carbocycles. The summed E-state index contributed by atoms with van der Waals surface area (Å²) in [6.07, 6.45) is 0. The quantitative estimate of drug-likeness (QED) is 0.850. The average molecular weight is 300 g/mol. The molecule has 1 heterocycles. The zero-order chi connectivity index (χ0) is 11.5. The van der Waals surface area contributed by atoms with E-state index in [2.05, 4.69) is 26.1 Å². The molecular formula is C11H8BrClN2O. The Balaban J connectivity index is 2.41. The molecule has 2 rings (SSSR count). The average Bonchev–Trinajstić information content (AvgIpc) is 2.30. The van der Waals surface area contributed by atoms with Gasteiger partial charge in [-0.3, -0.25) is 0 Å². The van der Waals surface area contributed by atoms with Gasteiger partial charge in [-0.05, 0) is 18.2 Å². The van der Waals surface area contributed by atoms with Crippen molar-refractivity contribution in [3.63, 3.8) is 0 Å². The fourth-order valence-electron chi connectivity index (χ4n) is 1.26. The van der Waals surface area contributed by atoms with Crippen LogP contribution in [-0.4, -0.2) is 17.3 Å². The molecule has 0 atom stereocenters. The van der Waals surface area contributed by atoms with E-state index in [0.29, 0.717) is 10.9 Å². The van der Waals surface area contributed by atoms with E-state index in [1.807, 2.05) is 24.3 Å². The zero-order valence-electron chi connectivity index (χ0n) is 8.45. The van der Waals surface area contributed by atoms with Crippen LogP contribution in [0.15, 0.2) is 34.8 Å². The molecule has 0 bridgehead atoms. The van der Waals surface area contributed by atoms with Crippen molar-refractivity contribution in [3.8, 4) is 17.1 Å². The molecule has 1 aromatic carbocycles. The molecule has 0 spiro atoms. The van der Waals surface area contributed by atoms with Crippen molar-refractivity contribution in [2.75, 3.05) is 7.11 Å². The third-order valence-corrected chi connectivity index (χ3v) is 2.85. The van der Waals surface area contributed by atoms with E-state index in [9.17, 15) is 0 Å². The summed E-state index contributed by atoms with van der Waals surface area (Å²) in [5.74, 6) is 0.336. The topological polar surface area (TPSA) is 35.0 Å². The summed E-state index contributed by atoms with van der Waals surface area (Å²) in [5.41, 5.74) is 1.68. The van der Waals surface area contributed by atoms with Crippen molar-refractivity contribution >= 4 is 27.5 Å². The molecule has 82 valence electrons. The van der Waals surface area contributed by atoms with Gasteiger partial charge in [-0.1, -0.05) is 39.7 Å². The van der Waals surface area contributed by atoms with Crippen molar-refractivity contribution in [3.05, 3.63) is 39.8 Å². The standard InChI is InChI=1S/C11H8BrClN2O/c1-16-11-9(13)6-10(14-15-11)7-2-4-8(12)5-3-7/h2-6H,1H3. The number of benzene rings is 1. The van der Waals surface area contributed by atoms with Gasteiger partial charge < -0.3 is 4.74 Å². The lowest BCUT2D eigenvalue weighted by atomic mass is 10.1. The van der Waals surface area contributed by atoms with Crippen molar-refractivity contribution in [1.82, 2.24) is 10.2 Å². The van der Waals surface area contributed by atoms with E-state index in [-0.39, 0.29) is 0 Å². The largest absolute Gasteiger partial charge is 0.479 e. The van der Waals surface area contributed by atoms with Gasteiger partial charge in [-0.15, -0.1) is 10.2 Å². The molecule has 0 N–H and O–H groups in total. The van der Waals surface area contributed by atoms with Crippen LogP contribution in [0.1, 0.15) is 0 Å². The summed E-state index contributed by atoms with van der Waals surface area (Å²) >= 11 is 9.35. The lowest BCUT2D eigenvalue weighted by Gasteiger charge is -2.03. The van der Waals surface area contributed by atoms with Crippen LogP contribution in [-0.2, 0) is 0 Å². The van der Waals surface area contributed by atoms with Gasteiger partial charge in [0.1, 0.15) is 5.02 Å². The second kappa shape index (κ2) is 4.80. The van der Waals surface area contributed by atoms with E-state index in [0.717, 1.165) is 15.7 Å². The minimum atomic E-state index is 0.336. The minimum absolute atomic E-state index is 0.336. The smallest absolute Gasteiger partial charge is 0.252 e. The molecule has 16 heavy (non-hydrogen) atoms. The highest BCUT2D eigenvalue weighted by Crippen LogP contribution is 2.26. The Kier molecular flexibility index (Phi) is 3.41. The van der Waals surface area contributed by atoms with Crippen LogP contribution in [0.4, 0.5) is 0 Å². The van der Waals surface area contributed by atoms with E-state index < -0.39 is 0 Å². The Morgan fingerprint density at radius 2 is 1.88 bits per heavy atom. The lowest BCUT2D eigenvalue weighted by molar-refractivity contribution is 0.392. The molecule has 0 saturated heterocycles. The molecule has 0 aliphatic rings. The highest BCUT2D eigenvalue weighted by molar-refractivity contribution is 9.10. The number of ether oxygens (including phenoxy) is 1. The van der Waals surface area contributed by atoms with E-state index >= 15 is 0 Å². The van der Waals surface area contributed by atoms with Gasteiger partial charge >= 0.3 is 0 Å². The fraction of sp³-hybridized carbons (Fsp3) is 0.0909. The minimum Gasteiger partial charge on any atom is -0.479 e. The zero-order valence-corrected chi connectivity index (χ0v) is 10.8. The first-order valence-corrected chi connectivity index (χ1v) is 5.71. The molecule has 2 aromatic rings. The second-order valence-corrected chi connectivity index (χ2v) is 4.42. The number of hydrogen-bond donors (Lipinski definition) is 0. The van der Waals surface area contributed by atoms with Gasteiger partial charge in [0, 0.05) is 10.0 Å². The summed E-state index contributed by atoms with van der Waals surface area (Å²) < 4.78 is 5.96. The molecule has 0 fully saturated rings. The van der Waals surface area contributed by atoms with Gasteiger partial charge in [-0.25, -0.2) is 0 Å². The lowest BCUT2D eigenvalue weighted by Crippen LogP contribution is -1.93. The summed E-state index contributed by atoms with van der Waals surface area (Å²) in [6.45, 7) is 0. The number of methoxy groups -OCH3 is 1. The van der Waals surface area contributed by atoms with Gasteiger partial charge in [-0.2, -0.15) is 0 Å². The van der Waals surface area contributed by atoms with Crippen molar-refractivity contribution in [2.45, 2.75) is 0 Å². The Bertz CT molecular complexity index is 502. The highest BCUT2D eigenvalue weighted by atomic mass is 79.9. The number of aromatic nitrogens is 2. The molecule has 0 unspecified atom stereocenters. The third-order valence-electron chi connectivity index (χ3n) is 2.05. The third kappa shape index (κ3) is 2.33. The molecular weight excluding hydrogens is 291 g/mol. The van der Waals surface area contributed by atoms with Crippen LogP contribution in [0, 0.1) is 0 Å². The highest BCUT2D eigenvalue weighted by Gasteiger charge is 2.06. The Morgan fingerprint density at radius 1 is 1.19 bits per heavy atom. The first-order chi connectivity index (χ1) is 7.70. The van der Waals surface area contributed by atoms with Crippen LogP contribution < -0.4 is 4.74 Å². The molecule has 0 radical (unpaired) electrons. The summed E-state index contributed by atoms with van der Waals surface area (Å²) in [7, 11) is 1.51. The van der Waals surface area contributed by atoms with Crippen molar-refractivity contribution in [1.29, 1.82) is 0 Å². The van der Waals surface area contributed by atoms with Crippen molar-refractivity contribution < 1.29 is 4.74 Å². The summed E-state index contributed by atoms with van der Waals surface area (Å²) in [5, 5.41) is 8.37. The maximum Gasteiger partial charge on any atom is 0.252 e. The monoisotopic (exact) mass is 298 g/mol. The normalized spacial score (nSPS) is 10.2. The van der Waals surface area contributed by atoms with Gasteiger partial charge in [0.25, 0.3) is 5.88 Å². The first-order valence-electron chi connectivity index (χ1n) is 4.54. The fourth-order valence-corrected chi connectivity index (χ4v) is 1.74. The number of rotatable bonds is 2. The van der Waals surface area contributed by atoms with E-state index in [1.54, 1.807) is 6.07 Å². The van der Waals surface area contributed by atoms with Crippen LogP contribution >= 0.6 is 27.5 Å². The SMILES string of the molecule is COc1nnc(-c2ccc(Br)cc2)cc1Cl. The molecule has 0 aliphatic heterocycles. The van der Waals surface area contributed by atoms with Crippen LogP contribution in [0.25, 0.3) is 11.3 Å². The molecule has 0 amide bonds. The van der Waals surface area contributed by atoms with Gasteiger partial charge in [0.2, 0.25) is 0 Å². The predicted molar refractivity (Wildman–Crippen MR) is 66.7 cm³/mol. The number of halogens is 2. The molecule has 1 aromatic heterocycles. The Labute approximate surface area is 107 Å². The van der Waals surface area contributed by atoms with E-state index in [1.165, 1.54) is 7.11 Å². The van der Waals surface area contributed by atoms with Gasteiger partial charge in [0.05, 0.1) is 12.8 Å². The maximum atomic E-state index is 5.97. The van der Waals surface area contributed by atoms with Crippen molar-refractivity contribution in [2.24, 2.45) is 0 Å². The Hall–Kier alpha value is -1.13. The Morgan fingerprint density at radius 3 is 2.44 bits per heavy atom. The van der Waals surface area contributed by atoms with Crippen LogP contribution in [0.2, 0.25) is 5.02 Å². The molecule has 0 aliphatic carbocycles. The number of hydrogen-bond acceptors (Lipinski definition) is 3. The van der Waals surface area contributed by atoms with Gasteiger partial charge in [0.15, 0.2) is 0 Å². The maximum absolute atomic E-state index is 5.97. The summed E-state index contributed by atoms with van der Waals surface area (Å²) in [6, 6.07) is 9.49. The number of nitrogens with zero attached hydrogens (tertiary/aromatic N) is 2. The first kappa shape index (κ1) is 11.4. The molecule has 5 heteroatoms. The molecule has 3 nitrogen and oxygen atoms in total. The van der Waals surface area contributed by atoms with Crippen LogP contribution in [0.5, 0.6) is 5.88 Å². The predicted octanol–water partition coefficient (Wildman–Crippen LogP) is 3.57. The van der Waals surface area contributed by atoms with E-state index in [4.69, 9.17) is 16.3 Å². The summed E-state index contributed by atoms with van der Waals surface area (Å²) in [4.78, 5) is 0. The van der Waals surface area contributed by atoms with Crippen LogP contribution in [0.3, 0.4) is 0 Å².